The molecule has 4 nitrogen and oxygen atoms in total. The first-order chi connectivity index (χ1) is 9.15. The third kappa shape index (κ3) is 4.06. The molecule has 2 rings (SSSR count). The number of carbonyl (C=O) groups excluding carboxylic acids is 1. The molecule has 0 aliphatic carbocycles. The first-order valence-corrected chi connectivity index (χ1v) is 6.90. The van der Waals surface area contributed by atoms with Crippen LogP contribution < -0.4 is 10.1 Å². The van der Waals surface area contributed by atoms with E-state index in [-0.39, 0.29) is 0 Å². The van der Waals surface area contributed by atoms with Crippen molar-refractivity contribution in [1.82, 2.24) is 10.3 Å². The van der Waals surface area contributed by atoms with Crippen LogP contribution in [0, 0.1) is 13.8 Å². The smallest absolute Gasteiger partial charge is 0.410 e. The second-order valence-electron chi connectivity index (χ2n) is 4.13. The molecule has 1 N–H and O–H groups in total. The molecule has 0 unspecified atom stereocenters. The van der Waals surface area contributed by atoms with Crippen molar-refractivity contribution in [2.24, 2.45) is 0 Å². The zero-order chi connectivity index (χ0) is 13.7. The minimum atomic E-state index is -0.434. The normalized spacial score (nSPS) is 10.2. The van der Waals surface area contributed by atoms with Gasteiger partial charge in [0.05, 0.1) is 10.7 Å². The predicted octanol–water partition coefficient (Wildman–Crippen LogP) is 3.09. The van der Waals surface area contributed by atoms with Gasteiger partial charge in [0.1, 0.15) is 5.75 Å². The SMILES string of the molecule is Cc1nc(CCNC(=O)Oc2ccccc2)sc1C. The van der Waals surface area contributed by atoms with E-state index in [2.05, 4.69) is 10.3 Å². The molecule has 19 heavy (non-hydrogen) atoms. The summed E-state index contributed by atoms with van der Waals surface area (Å²) in [5, 5.41) is 3.75. The lowest BCUT2D eigenvalue weighted by Crippen LogP contribution is -2.28. The van der Waals surface area contributed by atoms with E-state index in [0.717, 1.165) is 17.1 Å². The fraction of sp³-hybridized carbons (Fsp3) is 0.286. The second kappa shape index (κ2) is 6.33. The van der Waals surface area contributed by atoms with Gasteiger partial charge in [-0.1, -0.05) is 18.2 Å². The van der Waals surface area contributed by atoms with Crippen LogP contribution in [0.2, 0.25) is 0 Å². The Hall–Kier alpha value is -1.88. The van der Waals surface area contributed by atoms with E-state index >= 15 is 0 Å². The molecule has 1 amide bonds. The minimum absolute atomic E-state index is 0.434. The summed E-state index contributed by atoms with van der Waals surface area (Å²) in [6.45, 7) is 4.57. The highest BCUT2D eigenvalue weighted by Gasteiger charge is 2.06. The Morgan fingerprint density at radius 3 is 2.68 bits per heavy atom. The van der Waals surface area contributed by atoms with E-state index in [1.807, 2.05) is 32.0 Å². The van der Waals surface area contributed by atoms with Crippen molar-refractivity contribution in [2.45, 2.75) is 20.3 Å². The van der Waals surface area contributed by atoms with Gasteiger partial charge < -0.3 is 10.1 Å². The predicted molar refractivity (Wildman–Crippen MR) is 75.8 cm³/mol. The van der Waals surface area contributed by atoms with Gasteiger partial charge in [-0.25, -0.2) is 9.78 Å². The first-order valence-electron chi connectivity index (χ1n) is 6.09. The molecule has 0 saturated heterocycles. The lowest BCUT2D eigenvalue weighted by atomic mass is 10.3. The summed E-state index contributed by atoms with van der Waals surface area (Å²) < 4.78 is 5.11. The molecule has 0 spiro atoms. The fourth-order valence-electron chi connectivity index (χ4n) is 1.55. The summed E-state index contributed by atoms with van der Waals surface area (Å²) in [5.74, 6) is 0.543. The van der Waals surface area contributed by atoms with Crippen LogP contribution in [-0.2, 0) is 6.42 Å². The third-order valence-corrected chi connectivity index (χ3v) is 3.77. The van der Waals surface area contributed by atoms with E-state index in [1.165, 1.54) is 4.88 Å². The largest absolute Gasteiger partial charge is 0.412 e. The Morgan fingerprint density at radius 2 is 2.05 bits per heavy atom. The summed E-state index contributed by atoms with van der Waals surface area (Å²) in [4.78, 5) is 17.2. The van der Waals surface area contributed by atoms with Crippen LogP contribution in [0.3, 0.4) is 0 Å². The van der Waals surface area contributed by atoms with Crippen LogP contribution in [0.15, 0.2) is 30.3 Å². The molecule has 0 saturated carbocycles. The molecule has 0 radical (unpaired) electrons. The van der Waals surface area contributed by atoms with E-state index < -0.39 is 6.09 Å². The van der Waals surface area contributed by atoms with Crippen molar-refractivity contribution in [3.05, 3.63) is 45.9 Å². The maximum absolute atomic E-state index is 11.5. The number of amides is 1. The first kappa shape index (κ1) is 13.5. The fourth-order valence-corrected chi connectivity index (χ4v) is 2.48. The van der Waals surface area contributed by atoms with Gasteiger partial charge in [0, 0.05) is 17.8 Å². The maximum Gasteiger partial charge on any atom is 0.412 e. The highest BCUT2D eigenvalue weighted by atomic mass is 32.1. The topological polar surface area (TPSA) is 51.2 Å². The third-order valence-electron chi connectivity index (χ3n) is 2.63. The zero-order valence-corrected chi connectivity index (χ0v) is 11.8. The Bertz CT molecular complexity index is 532. The number of ether oxygens (including phenoxy) is 1. The van der Waals surface area contributed by atoms with Crippen molar-refractivity contribution < 1.29 is 9.53 Å². The highest BCUT2D eigenvalue weighted by Crippen LogP contribution is 2.16. The van der Waals surface area contributed by atoms with Gasteiger partial charge in [-0.3, -0.25) is 0 Å². The quantitative estimate of drug-likeness (QED) is 0.933. The number of aromatic nitrogens is 1. The molecular formula is C14H16N2O2S. The maximum atomic E-state index is 11.5. The number of hydrogen-bond acceptors (Lipinski definition) is 4. The van der Waals surface area contributed by atoms with E-state index in [1.54, 1.807) is 23.5 Å². The summed E-state index contributed by atoms with van der Waals surface area (Å²) >= 11 is 1.67. The number of thiazole rings is 1. The van der Waals surface area contributed by atoms with E-state index in [0.29, 0.717) is 12.3 Å². The summed E-state index contributed by atoms with van der Waals surface area (Å²) in [6, 6.07) is 9.01. The average molecular weight is 276 g/mol. The number of nitrogens with one attached hydrogen (secondary N) is 1. The van der Waals surface area contributed by atoms with Crippen LogP contribution >= 0.6 is 11.3 Å². The van der Waals surface area contributed by atoms with Crippen molar-refractivity contribution in [1.29, 1.82) is 0 Å². The molecule has 1 aromatic carbocycles. The average Bonchev–Trinajstić information content (AvgIpc) is 2.70. The molecule has 5 heteroatoms. The molecule has 0 aliphatic heterocycles. The molecule has 0 fully saturated rings. The van der Waals surface area contributed by atoms with Gasteiger partial charge in [-0.05, 0) is 26.0 Å². The number of aryl methyl sites for hydroxylation is 2. The van der Waals surface area contributed by atoms with Crippen LogP contribution in [-0.4, -0.2) is 17.6 Å². The Kier molecular flexibility index (Phi) is 4.52. The molecule has 1 heterocycles. The Balaban J connectivity index is 1.75. The van der Waals surface area contributed by atoms with Crippen molar-refractivity contribution in [3.8, 4) is 5.75 Å². The number of carbonyl (C=O) groups is 1. The number of hydrogen-bond donors (Lipinski definition) is 1. The van der Waals surface area contributed by atoms with Crippen LogP contribution in [0.5, 0.6) is 5.75 Å². The Labute approximate surface area is 116 Å². The van der Waals surface area contributed by atoms with Crippen LogP contribution in [0.4, 0.5) is 4.79 Å². The van der Waals surface area contributed by atoms with Crippen molar-refractivity contribution in [3.63, 3.8) is 0 Å². The Morgan fingerprint density at radius 1 is 1.32 bits per heavy atom. The molecule has 1 aromatic heterocycles. The molecule has 0 aliphatic rings. The highest BCUT2D eigenvalue weighted by molar-refractivity contribution is 7.11. The van der Waals surface area contributed by atoms with Gasteiger partial charge >= 0.3 is 6.09 Å². The summed E-state index contributed by atoms with van der Waals surface area (Å²) in [7, 11) is 0. The van der Waals surface area contributed by atoms with Crippen molar-refractivity contribution >= 4 is 17.4 Å². The molecule has 0 bridgehead atoms. The van der Waals surface area contributed by atoms with Gasteiger partial charge in [-0.15, -0.1) is 11.3 Å². The van der Waals surface area contributed by atoms with E-state index in [4.69, 9.17) is 4.74 Å². The van der Waals surface area contributed by atoms with Gasteiger partial charge in [0.15, 0.2) is 0 Å². The van der Waals surface area contributed by atoms with Gasteiger partial charge in [-0.2, -0.15) is 0 Å². The standard InChI is InChI=1S/C14H16N2O2S/c1-10-11(2)19-13(16-10)8-9-15-14(17)18-12-6-4-3-5-7-12/h3-7H,8-9H2,1-2H3,(H,15,17). The summed E-state index contributed by atoms with van der Waals surface area (Å²) in [5.41, 5.74) is 1.06. The number of benzene rings is 1. The molecule has 0 atom stereocenters. The lowest BCUT2D eigenvalue weighted by molar-refractivity contribution is 0.200. The lowest BCUT2D eigenvalue weighted by Gasteiger charge is -2.05. The monoisotopic (exact) mass is 276 g/mol. The second-order valence-corrected chi connectivity index (χ2v) is 5.42. The minimum Gasteiger partial charge on any atom is -0.410 e. The summed E-state index contributed by atoms with van der Waals surface area (Å²) in [6.07, 6.45) is 0.291. The molecular weight excluding hydrogens is 260 g/mol. The van der Waals surface area contributed by atoms with Crippen LogP contribution in [0.1, 0.15) is 15.6 Å². The number of para-hydroxylation sites is 1. The number of rotatable bonds is 4. The van der Waals surface area contributed by atoms with Crippen molar-refractivity contribution in [2.75, 3.05) is 6.54 Å². The van der Waals surface area contributed by atoms with Gasteiger partial charge in [0.2, 0.25) is 0 Å². The number of nitrogens with zero attached hydrogens (tertiary/aromatic N) is 1. The molecule has 100 valence electrons. The molecule has 2 aromatic rings. The van der Waals surface area contributed by atoms with Gasteiger partial charge in [0.25, 0.3) is 0 Å². The zero-order valence-electron chi connectivity index (χ0n) is 11.0. The van der Waals surface area contributed by atoms with Crippen LogP contribution in [0.25, 0.3) is 0 Å². The van der Waals surface area contributed by atoms with E-state index in [9.17, 15) is 4.79 Å².